The lowest BCUT2D eigenvalue weighted by atomic mass is 10.0. The molecule has 0 bridgehead atoms. The number of furan rings is 1. The number of aliphatic hydroxyl groups is 1. The van der Waals surface area contributed by atoms with Gasteiger partial charge in [0.05, 0.1) is 18.3 Å². The highest BCUT2D eigenvalue weighted by Crippen LogP contribution is 2.22. The Morgan fingerprint density at radius 3 is 2.88 bits per heavy atom. The van der Waals surface area contributed by atoms with Crippen LogP contribution in [-0.4, -0.2) is 27.4 Å². The molecule has 0 saturated heterocycles. The van der Waals surface area contributed by atoms with Crippen molar-refractivity contribution in [2.24, 2.45) is 5.73 Å². The molecule has 3 N–H and O–H groups in total. The van der Waals surface area contributed by atoms with E-state index in [0.29, 0.717) is 17.5 Å². The highest BCUT2D eigenvalue weighted by Gasteiger charge is 2.23. The summed E-state index contributed by atoms with van der Waals surface area (Å²) in [5.74, 6) is 1.30. The van der Waals surface area contributed by atoms with Crippen molar-refractivity contribution >= 4 is 0 Å². The third-order valence-corrected chi connectivity index (χ3v) is 2.51. The second-order valence-corrected chi connectivity index (χ2v) is 4.32. The Balaban J connectivity index is 2.20. The fraction of sp³-hybridized carbons (Fsp3) is 0.455. The maximum absolute atomic E-state index is 9.79. The summed E-state index contributed by atoms with van der Waals surface area (Å²) >= 11 is 0. The normalized spacial score (nSPS) is 14.8. The van der Waals surface area contributed by atoms with Crippen molar-refractivity contribution in [1.82, 2.24) is 10.1 Å². The average molecular weight is 237 g/mol. The first-order chi connectivity index (χ1) is 8.02. The zero-order chi connectivity index (χ0) is 12.5. The first kappa shape index (κ1) is 11.8. The van der Waals surface area contributed by atoms with E-state index in [-0.39, 0.29) is 13.0 Å². The topological polar surface area (TPSA) is 98.3 Å². The van der Waals surface area contributed by atoms with E-state index in [4.69, 9.17) is 14.7 Å². The molecule has 17 heavy (non-hydrogen) atoms. The van der Waals surface area contributed by atoms with E-state index in [2.05, 4.69) is 10.1 Å². The SMILES string of the molecule is Cc1ccoc1-c1noc(CC(C)(O)CN)n1. The Kier molecular flexibility index (Phi) is 2.99. The van der Waals surface area contributed by atoms with Crippen molar-refractivity contribution in [2.45, 2.75) is 25.9 Å². The molecule has 92 valence electrons. The van der Waals surface area contributed by atoms with E-state index < -0.39 is 5.60 Å². The summed E-state index contributed by atoms with van der Waals surface area (Å²) in [7, 11) is 0. The smallest absolute Gasteiger partial charge is 0.238 e. The molecule has 1 atom stereocenters. The maximum atomic E-state index is 9.79. The molecule has 6 nitrogen and oxygen atoms in total. The predicted molar refractivity (Wildman–Crippen MR) is 60.1 cm³/mol. The van der Waals surface area contributed by atoms with Gasteiger partial charge in [-0.3, -0.25) is 0 Å². The van der Waals surface area contributed by atoms with E-state index in [1.807, 2.05) is 13.0 Å². The van der Waals surface area contributed by atoms with Crippen LogP contribution in [0.1, 0.15) is 18.4 Å². The van der Waals surface area contributed by atoms with Gasteiger partial charge in [0, 0.05) is 6.54 Å². The number of hydrogen-bond donors (Lipinski definition) is 2. The van der Waals surface area contributed by atoms with Crippen molar-refractivity contribution < 1.29 is 14.0 Å². The van der Waals surface area contributed by atoms with Crippen LogP contribution < -0.4 is 5.73 Å². The van der Waals surface area contributed by atoms with Gasteiger partial charge in [-0.2, -0.15) is 4.98 Å². The molecule has 0 saturated carbocycles. The molecular formula is C11H15N3O3. The van der Waals surface area contributed by atoms with Gasteiger partial charge in [0.15, 0.2) is 5.76 Å². The molecule has 2 aromatic heterocycles. The number of hydrogen-bond acceptors (Lipinski definition) is 6. The highest BCUT2D eigenvalue weighted by molar-refractivity contribution is 5.50. The zero-order valence-electron chi connectivity index (χ0n) is 9.80. The average Bonchev–Trinajstić information content (AvgIpc) is 2.86. The second-order valence-electron chi connectivity index (χ2n) is 4.32. The van der Waals surface area contributed by atoms with Gasteiger partial charge in [-0.05, 0) is 25.5 Å². The van der Waals surface area contributed by atoms with Crippen molar-refractivity contribution in [3.63, 3.8) is 0 Å². The van der Waals surface area contributed by atoms with Crippen molar-refractivity contribution in [2.75, 3.05) is 6.54 Å². The number of aryl methyl sites for hydroxylation is 1. The third-order valence-electron chi connectivity index (χ3n) is 2.51. The fourth-order valence-electron chi connectivity index (χ4n) is 1.42. The highest BCUT2D eigenvalue weighted by atomic mass is 16.5. The van der Waals surface area contributed by atoms with Crippen LogP contribution in [0, 0.1) is 6.92 Å². The van der Waals surface area contributed by atoms with Crippen molar-refractivity contribution in [3.8, 4) is 11.6 Å². The van der Waals surface area contributed by atoms with Crippen LogP contribution >= 0.6 is 0 Å². The van der Waals surface area contributed by atoms with Crippen LogP contribution in [0.5, 0.6) is 0 Å². The Labute approximate surface area is 98.4 Å². The van der Waals surface area contributed by atoms with Crippen LogP contribution in [0.25, 0.3) is 11.6 Å². The minimum atomic E-state index is -1.04. The largest absolute Gasteiger partial charge is 0.461 e. The lowest BCUT2D eigenvalue weighted by Gasteiger charge is -2.17. The molecular weight excluding hydrogens is 222 g/mol. The molecule has 0 amide bonds. The minimum absolute atomic E-state index is 0.129. The van der Waals surface area contributed by atoms with Gasteiger partial charge in [-0.1, -0.05) is 5.16 Å². The molecule has 0 aliphatic heterocycles. The van der Waals surface area contributed by atoms with Gasteiger partial charge in [0.1, 0.15) is 0 Å². The van der Waals surface area contributed by atoms with E-state index in [0.717, 1.165) is 5.56 Å². The second kappa shape index (κ2) is 4.31. The van der Waals surface area contributed by atoms with Crippen LogP contribution in [0.2, 0.25) is 0 Å². The Morgan fingerprint density at radius 2 is 2.29 bits per heavy atom. The van der Waals surface area contributed by atoms with Gasteiger partial charge in [0.25, 0.3) is 0 Å². The van der Waals surface area contributed by atoms with E-state index in [9.17, 15) is 5.11 Å². The zero-order valence-corrected chi connectivity index (χ0v) is 9.80. The maximum Gasteiger partial charge on any atom is 0.238 e. The molecule has 0 aliphatic rings. The van der Waals surface area contributed by atoms with Crippen molar-refractivity contribution in [1.29, 1.82) is 0 Å². The number of nitrogens with two attached hydrogens (primary N) is 1. The molecule has 0 aromatic carbocycles. The summed E-state index contributed by atoms with van der Waals surface area (Å²) in [4.78, 5) is 4.16. The molecule has 0 spiro atoms. The third kappa shape index (κ3) is 2.54. The summed E-state index contributed by atoms with van der Waals surface area (Å²) in [5, 5.41) is 13.6. The fourth-order valence-corrected chi connectivity index (χ4v) is 1.42. The molecule has 0 fully saturated rings. The lowest BCUT2D eigenvalue weighted by molar-refractivity contribution is 0.0610. The van der Waals surface area contributed by atoms with Gasteiger partial charge in [-0.25, -0.2) is 0 Å². The monoisotopic (exact) mass is 237 g/mol. The summed E-state index contributed by atoms with van der Waals surface area (Å²) in [6, 6.07) is 1.82. The van der Waals surface area contributed by atoms with Gasteiger partial charge in [0.2, 0.25) is 11.7 Å². The lowest BCUT2D eigenvalue weighted by Crippen LogP contribution is -2.36. The van der Waals surface area contributed by atoms with Gasteiger partial charge in [-0.15, -0.1) is 0 Å². The summed E-state index contributed by atoms with van der Waals surface area (Å²) < 4.78 is 10.3. The summed E-state index contributed by atoms with van der Waals surface area (Å²) in [6.07, 6.45) is 1.78. The van der Waals surface area contributed by atoms with Crippen molar-refractivity contribution in [3.05, 3.63) is 23.8 Å². The standard InChI is InChI=1S/C11H15N3O3/c1-7-3-4-16-9(7)10-13-8(17-14-10)5-11(2,15)6-12/h3-4,15H,5-6,12H2,1-2H3. The van der Waals surface area contributed by atoms with Crippen LogP contribution in [-0.2, 0) is 6.42 Å². The van der Waals surface area contributed by atoms with E-state index in [1.54, 1.807) is 13.2 Å². The quantitative estimate of drug-likeness (QED) is 0.819. The Hall–Kier alpha value is -1.66. The van der Waals surface area contributed by atoms with E-state index in [1.165, 1.54) is 0 Å². The number of nitrogens with zero attached hydrogens (tertiary/aromatic N) is 2. The summed E-state index contributed by atoms with van der Waals surface area (Å²) in [6.45, 7) is 3.64. The Morgan fingerprint density at radius 1 is 1.53 bits per heavy atom. The van der Waals surface area contributed by atoms with Crippen LogP contribution in [0.3, 0.4) is 0 Å². The van der Waals surface area contributed by atoms with Crippen LogP contribution in [0.15, 0.2) is 21.3 Å². The molecule has 2 aromatic rings. The number of aromatic nitrogens is 2. The molecule has 0 aliphatic carbocycles. The Bertz CT molecular complexity index is 502. The predicted octanol–water partition coefficient (Wildman–Crippen LogP) is 0.890. The molecule has 2 heterocycles. The molecule has 2 rings (SSSR count). The molecule has 0 radical (unpaired) electrons. The van der Waals surface area contributed by atoms with E-state index >= 15 is 0 Å². The number of rotatable bonds is 4. The first-order valence-corrected chi connectivity index (χ1v) is 5.31. The first-order valence-electron chi connectivity index (χ1n) is 5.31. The summed E-state index contributed by atoms with van der Waals surface area (Å²) in [5.41, 5.74) is 5.31. The molecule has 1 unspecified atom stereocenters. The van der Waals surface area contributed by atoms with Gasteiger partial charge < -0.3 is 19.8 Å². The minimum Gasteiger partial charge on any atom is -0.461 e. The molecule has 6 heteroatoms. The van der Waals surface area contributed by atoms with Crippen LogP contribution in [0.4, 0.5) is 0 Å². The van der Waals surface area contributed by atoms with Gasteiger partial charge >= 0.3 is 0 Å².